The zero-order chi connectivity index (χ0) is 19.0. The molecule has 0 atom stereocenters. The van der Waals surface area contributed by atoms with E-state index >= 15 is 0 Å². The van der Waals surface area contributed by atoms with Gasteiger partial charge in [-0.3, -0.25) is 4.99 Å². The molecular formula is C18H21N3O4S. The molecule has 0 saturated heterocycles. The Morgan fingerprint density at radius 2 is 1.85 bits per heavy atom. The number of sulfonamides is 1. The van der Waals surface area contributed by atoms with Crippen LogP contribution in [-0.4, -0.2) is 32.3 Å². The Labute approximate surface area is 152 Å². The fourth-order valence-electron chi connectivity index (χ4n) is 2.05. The molecule has 0 fully saturated rings. The lowest BCUT2D eigenvalue weighted by Gasteiger charge is -2.08. The number of aliphatic imine (C=N–C) groups is 1. The first-order valence-electron chi connectivity index (χ1n) is 8.15. The van der Waals surface area contributed by atoms with E-state index in [0.29, 0.717) is 17.8 Å². The van der Waals surface area contributed by atoms with Gasteiger partial charge in [-0.15, -0.1) is 0 Å². The maximum Gasteiger partial charge on any atom is 0.328 e. The van der Waals surface area contributed by atoms with Crippen LogP contribution in [-0.2, 0) is 10.0 Å². The van der Waals surface area contributed by atoms with Gasteiger partial charge in [0, 0.05) is 18.3 Å². The van der Waals surface area contributed by atoms with E-state index in [9.17, 15) is 18.3 Å². The summed E-state index contributed by atoms with van der Waals surface area (Å²) in [7, 11) is -3.94. The molecule has 0 heterocycles. The molecule has 0 radical (unpaired) electrons. The Balaban J connectivity index is 2.04. The third-order valence-corrected chi connectivity index (χ3v) is 4.83. The predicted octanol–water partition coefficient (Wildman–Crippen LogP) is 2.93. The summed E-state index contributed by atoms with van der Waals surface area (Å²) in [5.74, 6) is 0.105. The number of rotatable bonds is 7. The molecule has 0 spiro atoms. The maximum absolute atomic E-state index is 12.2. The average molecular weight is 375 g/mol. The summed E-state index contributed by atoms with van der Waals surface area (Å²) in [6.07, 6.45) is 3.16. The molecule has 2 amide bonds. The van der Waals surface area contributed by atoms with Gasteiger partial charge in [0.1, 0.15) is 5.75 Å². The number of aromatic hydroxyl groups is 1. The van der Waals surface area contributed by atoms with Gasteiger partial charge < -0.3 is 10.4 Å². The SMILES string of the molecule is CCCCNC(=O)NS(=O)(=O)c1ccc(N=Cc2ccccc2O)cc1. The molecule has 2 aromatic carbocycles. The highest BCUT2D eigenvalue weighted by molar-refractivity contribution is 7.90. The second-order valence-corrected chi connectivity index (χ2v) is 7.21. The van der Waals surface area contributed by atoms with Crippen LogP contribution in [0.4, 0.5) is 10.5 Å². The highest BCUT2D eigenvalue weighted by Crippen LogP contribution is 2.18. The third kappa shape index (κ3) is 5.59. The molecule has 2 rings (SSSR count). The zero-order valence-corrected chi connectivity index (χ0v) is 15.2. The summed E-state index contributed by atoms with van der Waals surface area (Å²) >= 11 is 0. The molecule has 8 heteroatoms. The summed E-state index contributed by atoms with van der Waals surface area (Å²) in [6, 6.07) is 11.7. The van der Waals surface area contributed by atoms with Gasteiger partial charge in [0.05, 0.1) is 10.6 Å². The van der Waals surface area contributed by atoms with Gasteiger partial charge in [-0.2, -0.15) is 0 Å². The van der Waals surface area contributed by atoms with E-state index in [1.54, 1.807) is 24.3 Å². The number of hydrogen-bond acceptors (Lipinski definition) is 5. The summed E-state index contributed by atoms with van der Waals surface area (Å²) < 4.78 is 26.3. The number of urea groups is 1. The molecule has 26 heavy (non-hydrogen) atoms. The van der Waals surface area contributed by atoms with E-state index in [1.807, 2.05) is 11.6 Å². The maximum atomic E-state index is 12.2. The van der Waals surface area contributed by atoms with Crippen molar-refractivity contribution in [2.75, 3.05) is 6.54 Å². The van der Waals surface area contributed by atoms with Gasteiger partial charge in [-0.05, 0) is 42.8 Å². The Morgan fingerprint density at radius 1 is 1.15 bits per heavy atom. The van der Waals surface area contributed by atoms with E-state index in [2.05, 4.69) is 10.3 Å². The van der Waals surface area contributed by atoms with Crippen molar-refractivity contribution in [3.63, 3.8) is 0 Å². The van der Waals surface area contributed by atoms with E-state index in [0.717, 1.165) is 12.8 Å². The van der Waals surface area contributed by atoms with Gasteiger partial charge in [0.15, 0.2) is 0 Å². The topological polar surface area (TPSA) is 108 Å². The fourth-order valence-corrected chi connectivity index (χ4v) is 2.98. The fraction of sp³-hybridized carbons (Fsp3) is 0.222. The van der Waals surface area contributed by atoms with Gasteiger partial charge in [0.25, 0.3) is 10.0 Å². The molecule has 0 aliphatic heterocycles. The summed E-state index contributed by atoms with van der Waals surface area (Å²) in [5.41, 5.74) is 1.06. The summed E-state index contributed by atoms with van der Waals surface area (Å²) in [6.45, 7) is 2.39. The minimum Gasteiger partial charge on any atom is -0.507 e. The molecule has 2 aromatic rings. The lowest BCUT2D eigenvalue weighted by atomic mass is 10.2. The molecule has 0 unspecified atom stereocenters. The van der Waals surface area contributed by atoms with Crippen LogP contribution in [0, 0.1) is 0 Å². The van der Waals surface area contributed by atoms with E-state index in [4.69, 9.17) is 0 Å². The van der Waals surface area contributed by atoms with Crippen LogP contribution in [0.25, 0.3) is 0 Å². The van der Waals surface area contributed by atoms with Gasteiger partial charge in [-0.1, -0.05) is 25.5 Å². The minimum atomic E-state index is -3.94. The second kappa shape index (κ2) is 9.00. The van der Waals surface area contributed by atoms with Crippen LogP contribution in [0.3, 0.4) is 0 Å². The largest absolute Gasteiger partial charge is 0.507 e. The number of hydrogen-bond donors (Lipinski definition) is 3. The Morgan fingerprint density at radius 3 is 2.50 bits per heavy atom. The van der Waals surface area contributed by atoms with Crippen LogP contribution >= 0.6 is 0 Å². The molecule has 0 aliphatic carbocycles. The van der Waals surface area contributed by atoms with Gasteiger partial charge in [-0.25, -0.2) is 17.9 Å². The van der Waals surface area contributed by atoms with Crippen molar-refractivity contribution in [2.24, 2.45) is 4.99 Å². The van der Waals surface area contributed by atoms with Crippen LogP contribution in [0.15, 0.2) is 58.4 Å². The number of carbonyl (C=O) groups excluding carboxylic acids is 1. The Bertz CT molecular complexity index is 878. The van der Waals surface area contributed by atoms with Crippen molar-refractivity contribution in [1.29, 1.82) is 0 Å². The van der Waals surface area contributed by atoms with Crippen molar-refractivity contribution in [1.82, 2.24) is 10.0 Å². The van der Waals surface area contributed by atoms with E-state index in [-0.39, 0.29) is 10.6 Å². The van der Waals surface area contributed by atoms with Gasteiger partial charge >= 0.3 is 6.03 Å². The number of unbranched alkanes of at least 4 members (excludes halogenated alkanes) is 1. The lowest BCUT2D eigenvalue weighted by Crippen LogP contribution is -2.39. The molecular weight excluding hydrogens is 354 g/mol. The lowest BCUT2D eigenvalue weighted by molar-refractivity contribution is 0.245. The number of phenolic OH excluding ortho intramolecular Hbond substituents is 1. The van der Waals surface area contributed by atoms with Crippen LogP contribution in [0.5, 0.6) is 5.75 Å². The van der Waals surface area contributed by atoms with Crippen LogP contribution < -0.4 is 10.0 Å². The summed E-state index contributed by atoms with van der Waals surface area (Å²) in [5, 5.41) is 12.2. The second-order valence-electron chi connectivity index (χ2n) is 5.53. The molecule has 0 bridgehead atoms. The number of phenols is 1. The van der Waals surface area contributed by atoms with Crippen molar-refractivity contribution in [2.45, 2.75) is 24.7 Å². The first kappa shape index (κ1) is 19.5. The van der Waals surface area contributed by atoms with Crippen molar-refractivity contribution in [3.05, 3.63) is 54.1 Å². The van der Waals surface area contributed by atoms with Crippen molar-refractivity contribution < 1.29 is 18.3 Å². The van der Waals surface area contributed by atoms with Crippen LogP contribution in [0.2, 0.25) is 0 Å². The molecule has 3 N–H and O–H groups in total. The predicted molar refractivity (Wildman–Crippen MR) is 100 cm³/mol. The highest BCUT2D eigenvalue weighted by atomic mass is 32.2. The zero-order valence-electron chi connectivity index (χ0n) is 14.3. The Kier molecular flexibility index (Phi) is 6.74. The highest BCUT2D eigenvalue weighted by Gasteiger charge is 2.16. The molecule has 0 saturated carbocycles. The monoisotopic (exact) mass is 375 g/mol. The average Bonchev–Trinajstić information content (AvgIpc) is 2.61. The van der Waals surface area contributed by atoms with E-state index in [1.165, 1.54) is 30.5 Å². The number of nitrogens with one attached hydrogen (secondary N) is 2. The van der Waals surface area contributed by atoms with E-state index < -0.39 is 16.1 Å². The van der Waals surface area contributed by atoms with Gasteiger partial charge in [0.2, 0.25) is 0 Å². The number of para-hydroxylation sites is 1. The third-order valence-electron chi connectivity index (χ3n) is 3.48. The normalized spacial score (nSPS) is 11.4. The quantitative estimate of drug-likeness (QED) is 0.511. The van der Waals surface area contributed by atoms with Crippen molar-refractivity contribution in [3.8, 4) is 5.75 Å². The number of nitrogens with zero attached hydrogens (tertiary/aromatic N) is 1. The first-order chi connectivity index (χ1) is 12.4. The Hall–Kier alpha value is -2.87. The minimum absolute atomic E-state index is 0.0374. The smallest absolute Gasteiger partial charge is 0.328 e. The number of carbonyl (C=O) groups is 1. The molecule has 0 aromatic heterocycles. The molecule has 138 valence electrons. The van der Waals surface area contributed by atoms with Crippen LogP contribution in [0.1, 0.15) is 25.3 Å². The number of benzene rings is 2. The summed E-state index contributed by atoms with van der Waals surface area (Å²) in [4.78, 5) is 15.8. The number of amides is 2. The molecule has 7 nitrogen and oxygen atoms in total. The van der Waals surface area contributed by atoms with Crippen molar-refractivity contribution >= 4 is 28.0 Å². The first-order valence-corrected chi connectivity index (χ1v) is 9.63. The standard InChI is InChI=1S/C18H21N3O4S/c1-2-3-12-19-18(23)21-26(24,25)16-10-8-15(9-11-16)20-13-14-6-4-5-7-17(14)22/h4-11,13,22H,2-3,12H2,1H3,(H2,19,21,23). The molecule has 0 aliphatic rings.